The third-order valence-electron chi connectivity index (χ3n) is 5.90. The lowest BCUT2D eigenvalue weighted by Gasteiger charge is -2.12. The Morgan fingerprint density at radius 3 is 2.70 bits per heavy atom. The summed E-state index contributed by atoms with van der Waals surface area (Å²) >= 11 is 0. The van der Waals surface area contributed by atoms with Crippen LogP contribution in [0, 0.1) is 6.92 Å². The molecule has 1 N–H and O–H groups in total. The summed E-state index contributed by atoms with van der Waals surface area (Å²) in [6.45, 7) is 2.86. The molecule has 1 saturated carbocycles. The third-order valence-corrected chi connectivity index (χ3v) is 5.90. The van der Waals surface area contributed by atoms with E-state index in [1.807, 2.05) is 35.8 Å². The summed E-state index contributed by atoms with van der Waals surface area (Å²) in [4.78, 5) is 17.5. The van der Waals surface area contributed by atoms with E-state index in [4.69, 9.17) is 0 Å². The van der Waals surface area contributed by atoms with Crippen molar-refractivity contribution in [3.63, 3.8) is 0 Å². The number of amides is 1. The molecule has 0 unspecified atom stereocenters. The first-order chi connectivity index (χ1) is 15.8. The van der Waals surface area contributed by atoms with E-state index < -0.39 is 11.7 Å². The first-order valence-electron chi connectivity index (χ1n) is 10.8. The molecule has 4 aromatic rings. The molecule has 1 amide bonds. The Hall–Kier alpha value is -3.62. The Morgan fingerprint density at radius 1 is 1.15 bits per heavy atom. The van der Waals surface area contributed by atoms with Crippen LogP contribution in [0.2, 0.25) is 0 Å². The monoisotopic (exact) mass is 453 g/mol. The fourth-order valence-corrected chi connectivity index (χ4v) is 4.16. The SMILES string of the molecule is Cc1nc2ccccc2n1CCNC(=O)c1cnn(-c2cccc(C(F)(F)F)c2)c1C1CC1. The van der Waals surface area contributed by atoms with Gasteiger partial charge in [-0.3, -0.25) is 4.79 Å². The van der Waals surface area contributed by atoms with Crippen molar-refractivity contribution in [3.8, 4) is 5.69 Å². The van der Waals surface area contributed by atoms with Gasteiger partial charge in [0.2, 0.25) is 0 Å². The highest BCUT2D eigenvalue weighted by Crippen LogP contribution is 2.42. The topological polar surface area (TPSA) is 64.7 Å². The van der Waals surface area contributed by atoms with Gasteiger partial charge in [0, 0.05) is 19.0 Å². The number of nitrogens with one attached hydrogen (secondary N) is 1. The number of para-hydroxylation sites is 2. The van der Waals surface area contributed by atoms with Crippen LogP contribution >= 0.6 is 0 Å². The van der Waals surface area contributed by atoms with E-state index in [1.165, 1.54) is 16.9 Å². The van der Waals surface area contributed by atoms with Crippen molar-refractivity contribution in [1.29, 1.82) is 0 Å². The molecule has 2 aromatic heterocycles. The molecule has 33 heavy (non-hydrogen) atoms. The molecule has 0 aliphatic heterocycles. The van der Waals surface area contributed by atoms with Crippen molar-refractivity contribution in [2.24, 2.45) is 0 Å². The van der Waals surface area contributed by atoms with E-state index in [-0.39, 0.29) is 11.8 Å². The Labute approximate surface area is 188 Å². The van der Waals surface area contributed by atoms with Crippen LogP contribution < -0.4 is 5.32 Å². The number of imidazole rings is 1. The minimum atomic E-state index is -4.45. The average molecular weight is 453 g/mol. The smallest absolute Gasteiger partial charge is 0.350 e. The molecular weight excluding hydrogens is 431 g/mol. The lowest BCUT2D eigenvalue weighted by molar-refractivity contribution is -0.137. The molecule has 0 radical (unpaired) electrons. The number of benzene rings is 2. The minimum Gasteiger partial charge on any atom is -0.350 e. The van der Waals surface area contributed by atoms with Gasteiger partial charge >= 0.3 is 6.18 Å². The summed E-state index contributed by atoms with van der Waals surface area (Å²) in [5.74, 6) is 0.696. The summed E-state index contributed by atoms with van der Waals surface area (Å²) in [6, 6.07) is 12.8. The lowest BCUT2D eigenvalue weighted by Crippen LogP contribution is -2.28. The van der Waals surface area contributed by atoms with Crippen molar-refractivity contribution in [2.45, 2.75) is 38.4 Å². The van der Waals surface area contributed by atoms with E-state index in [2.05, 4.69) is 15.4 Å². The van der Waals surface area contributed by atoms with Crippen LogP contribution in [0.15, 0.2) is 54.7 Å². The second-order valence-electron chi connectivity index (χ2n) is 8.23. The first-order valence-corrected chi connectivity index (χ1v) is 10.8. The van der Waals surface area contributed by atoms with Crippen LogP contribution in [0.5, 0.6) is 0 Å². The Kier molecular flexibility index (Phi) is 5.19. The third kappa shape index (κ3) is 4.10. The van der Waals surface area contributed by atoms with E-state index in [1.54, 1.807) is 6.07 Å². The summed E-state index contributed by atoms with van der Waals surface area (Å²) in [7, 11) is 0. The quantitative estimate of drug-likeness (QED) is 0.454. The number of carbonyl (C=O) groups is 1. The van der Waals surface area contributed by atoms with Crippen LogP contribution in [0.3, 0.4) is 0 Å². The lowest BCUT2D eigenvalue weighted by atomic mass is 10.1. The molecule has 1 aliphatic carbocycles. The number of hydrogen-bond donors (Lipinski definition) is 1. The normalized spacial score (nSPS) is 14.1. The van der Waals surface area contributed by atoms with Crippen molar-refractivity contribution in [1.82, 2.24) is 24.6 Å². The molecule has 2 aromatic carbocycles. The average Bonchev–Trinajstić information content (AvgIpc) is 3.45. The zero-order chi connectivity index (χ0) is 23.2. The van der Waals surface area contributed by atoms with Gasteiger partial charge in [-0.2, -0.15) is 18.3 Å². The van der Waals surface area contributed by atoms with E-state index in [9.17, 15) is 18.0 Å². The fourth-order valence-electron chi connectivity index (χ4n) is 4.16. The van der Waals surface area contributed by atoms with Crippen LogP contribution in [0.1, 0.15) is 46.2 Å². The second kappa shape index (κ2) is 8.06. The van der Waals surface area contributed by atoms with Crippen molar-refractivity contribution < 1.29 is 18.0 Å². The molecule has 0 bridgehead atoms. The number of aromatic nitrogens is 4. The van der Waals surface area contributed by atoms with Gasteiger partial charge in [0.05, 0.1) is 39.7 Å². The predicted molar refractivity (Wildman–Crippen MR) is 117 cm³/mol. The molecule has 1 fully saturated rings. The highest BCUT2D eigenvalue weighted by atomic mass is 19.4. The number of carbonyl (C=O) groups excluding carboxylic acids is 1. The Balaban J connectivity index is 1.36. The van der Waals surface area contributed by atoms with Crippen molar-refractivity contribution in [3.05, 3.63) is 77.4 Å². The van der Waals surface area contributed by atoms with Crippen LogP contribution in [0.4, 0.5) is 13.2 Å². The predicted octanol–water partition coefficient (Wildman–Crippen LogP) is 4.86. The maximum absolute atomic E-state index is 13.2. The molecule has 170 valence electrons. The summed E-state index contributed by atoms with van der Waals surface area (Å²) in [5, 5.41) is 7.21. The molecule has 5 rings (SSSR count). The van der Waals surface area contributed by atoms with Gasteiger partial charge in [-0.15, -0.1) is 0 Å². The van der Waals surface area contributed by atoms with Gasteiger partial charge < -0.3 is 9.88 Å². The zero-order valence-corrected chi connectivity index (χ0v) is 17.9. The number of rotatable bonds is 6. The standard InChI is InChI=1S/C24H22F3N5O/c1-15-30-20-7-2-3-8-21(20)31(15)12-11-28-23(33)19-14-29-32(22(19)16-9-10-16)18-6-4-5-17(13-18)24(25,26)27/h2-8,13-14,16H,9-12H2,1H3,(H,28,33). The van der Waals surface area contributed by atoms with Crippen molar-refractivity contribution in [2.75, 3.05) is 6.54 Å². The summed E-state index contributed by atoms with van der Waals surface area (Å²) in [5.41, 5.74) is 2.52. The first kappa shape index (κ1) is 21.2. The summed E-state index contributed by atoms with van der Waals surface area (Å²) < 4.78 is 43.0. The molecule has 1 aliphatic rings. The number of alkyl halides is 3. The Morgan fingerprint density at radius 2 is 1.94 bits per heavy atom. The highest BCUT2D eigenvalue weighted by Gasteiger charge is 2.34. The summed E-state index contributed by atoms with van der Waals surface area (Å²) in [6.07, 6.45) is -1.24. The van der Waals surface area contributed by atoms with E-state index >= 15 is 0 Å². The van der Waals surface area contributed by atoms with Crippen LogP contribution in [0.25, 0.3) is 16.7 Å². The second-order valence-corrected chi connectivity index (χ2v) is 8.23. The maximum atomic E-state index is 13.2. The van der Waals surface area contributed by atoms with E-state index in [0.717, 1.165) is 41.8 Å². The molecule has 0 spiro atoms. The zero-order valence-electron chi connectivity index (χ0n) is 17.9. The van der Waals surface area contributed by atoms with Crippen LogP contribution in [-0.4, -0.2) is 31.8 Å². The maximum Gasteiger partial charge on any atom is 0.416 e. The largest absolute Gasteiger partial charge is 0.416 e. The van der Waals surface area contributed by atoms with Gasteiger partial charge in [-0.1, -0.05) is 18.2 Å². The molecule has 6 nitrogen and oxygen atoms in total. The molecule has 2 heterocycles. The molecular formula is C24H22F3N5O. The number of hydrogen-bond acceptors (Lipinski definition) is 3. The fraction of sp³-hybridized carbons (Fsp3) is 0.292. The van der Waals surface area contributed by atoms with E-state index in [0.29, 0.717) is 30.0 Å². The molecule has 9 heteroatoms. The van der Waals surface area contributed by atoms with Crippen molar-refractivity contribution >= 4 is 16.9 Å². The minimum absolute atomic E-state index is 0.114. The highest BCUT2D eigenvalue weighted by molar-refractivity contribution is 5.95. The van der Waals surface area contributed by atoms with Crippen LogP contribution in [-0.2, 0) is 12.7 Å². The van der Waals surface area contributed by atoms with Gasteiger partial charge in [-0.25, -0.2) is 9.67 Å². The number of aryl methyl sites for hydroxylation is 1. The number of fused-ring (bicyclic) bond motifs is 1. The molecule has 0 atom stereocenters. The van der Waals surface area contributed by atoms with Gasteiger partial charge in [0.25, 0.3) is 5.91 Å². The van der Waals surface area contributed by atoms with Gasteiger partial charge in [0.15, 0.2) is 0 Å². The van der Waals surface area contributed by atoms with Gasteiger partial charge in [0.1, 0.15) is 5.82 Å². The molecule has 0 saturated heterocycles. The number of halogens is 3. The number of nitrogens with zero attached hydrogens (tertiary/aromatic N) is 4. The van der Waals surface area contributed by atoms with Gasteiger partial charge in [-0.05, 0) is 50.1 Å². The Bertz CT molecular complexity index is 1330.